The normalized spacial score (nSPS) is 15.2. The third kappa shape index (κ3) is 3.10. The fourth-order valence-electron chi connectivity index (χ4n) is 3.63. The van der Waals surface area contributed by atoms with Crippen molar-refractivity contribution in [3.8, 4) is 11.1 Å². The maximum Gasteiger partial charge on any atom is 0.337 e. The summed E-state index contributed by atoms with van der Waals surface area (Å²) in [5.74, 6) is -2.41. The van der Waals surface area contributed by atoms with Crippen molar-refractivity contribution in [3.05, 3.63) is 59.7 Å². The van der Waals surface area contributed by atoms with Crippen molar-refractivity contribution in [2.45, 2.75) is 31.7 Å². The quantitative estimate of drug-likeness (QED) is 0.615. The number of rotatable bonds is 6. The average molecular weight is 353 g/mol. The fourth-order valence-corrected chi connectivity index (χ4v) is 3.63. The lowest BCUT2D eigenvalue weighted by Crippen LogP contribution is -2.56. The molecule has 2 aromatic rings. The Morgan fingerprint density at radius 2 is 1.58 bits per heavy atom. The van der Waals surface area contributed by atoms with E-state index in [-0.39, 0.29) is 24.9 Å². The molecule has 0 aliphatic heterocycles. The Kier molecular flexibility index (Phi) is 4.83. The van der Waals surface area contributed by atoms with Crippen molar-refractivity contribution in [1.29, 1.82) is 0 Å². The minimum Gasteiger partial charge on any atom is -0.479 e. The van der Waals surface area contributed by atoms with Gasteiger partial charge in [0.15, 0.2) is 0 Å². The molecule has 2 aromatic carbocycles. The number of aliphatic carboxylic acids is 1. The molecule has 0 spiro atoms. The van der Waals surface area contributed by atoms with Crippen LogP contribution in [0, 0.1) is 5.92 Å². The zero-order chi connectivity index (χ0) is 18.9. The summed E-state index contributed by atoms with van der Waals surface area (Å²) in [4.78, 5) is 24.1. The predicted molar refractivity (Wildman–Crippen MR) is 98.7 cm³/mol. The number of carbonyl (C=O) groups is 2. The minimum atomic E-state index is -2.02. The number of fused-ring (bicyclic) bond motifs is 3. The molecule has 1 atom stereocenters. The standard InChI is InChI=1S/C21H23NO4/c1-13(2)11-21(22,19(23)24)20(25)26-12-18-16-9-5-3-7-14(16)15-8-4-6-10-17(15)18/h3-10,13,18H,11-12,22H2,1-2H3,(H,23,24). The summed E-state index contributed by atoms with van der Waals surface area (Å²) >= 11 is 0. The fraction of sp³-hybridized carbons (Fsp3) is 0.333. The SMILES string of the molecule is CC(C)CC(N)(C(=O)O)C(=O)OCC1c2ccccc2-c2ccccc21. The van der Waals surface area contributed by atoms with Gasteiger partial charge in [-0.15, -0.1) is 0 Å². The van der Waals surface area contributed by atoms with Gasteiger partial charge in [0.05, 0.1) is 0 Å². The van der Waals surface area contributed by atoms with Crippen LogP contribution in [0.1, 0.15) is 37.3 Å². The molecule has 5 nitrogen and oxygen atoms in total. The molecule has 0 aromatic heterocycles. The molecule has 0 amide bonds. The van der Waals surface area contributed by atoms with Crippen LogP contribution in [-0.2, 0) is 14.3 Å². The molecule has 1 aliphatic rings. The van der Waals surface area contributed by atoms with Gasteiger partial charge in [-0.2, -0.15) is 0 Å². The van der Waals surface area contributed by atoms with Crippen LogP contribution in [0.3, 0.4) is 0 Å². The Balaban J connectivity index is 1.83. The first-order chi connectivity index (χ1) is 12.3. The van der Waals surface area contributed by atoms with Crippen LogP contribution >= 0.6 is 0 Å². The van der Waals surface area contributed by atoms with E-state index in [0.717, 1.165) is 22.3 Å². The van der Waals surface area contributed by atoms with Crippen LogP contribution in [0.15, 0.2) is 48.5 Å². The number of nitrogens with two attached hydrogens (primary N) is 1. The molecule has 3 rings (SSSR count). The lowest BCUT2D eigenvalue weighted by molar-refractivity contribution is -0.162. The summed E-state index contributed by atoms with van der Waals surface area (Å²) in [7, 11) is 0. The molecule has 0 fully saturated rings. The highest BCUT2D eigenvalue weighted by molar-refractivity contribution is 6.03. The monoisotopic (exact) mass is 353 g/mol. The third-order valence-corrected chi connectivity index (χ3v) is 4.82. The first-order valence-electron chi connectivity index (χ1n) is 8.72. The third-order valence-electron chi connectivity index (χ3n) is 4.82. The number of hydrogen-bond donors (Lipinski definition) is 2. The average Bonchev–Trinajstić information content (AvgIpc) is 2.93. The van der Waals surface area contributed by atoms with Crippen LogP contribution in [0.5, 0.6) is 0 Å². The Hall–Kier alpha value is -2.66. The van der Waals surface area contributed by atoms with E-state index in [9.17, 15) is 14.7 Å². The Bertz CT molecular complexity index is 800. The number of hydrogen-bond acceptors (Lipinski definition) is 4. The predicted octanol–water partition coefficient (Wildman–Crippen LogP) is 3.17. The molecule has 0 saturated carbocycles. The van der Waals surface area contributed by atoms with E-state index in [0.29, 0.717) is 0 Å². The minimum absolute atomic E-state index is 0.0268. The van der Waals surface area contributed by atoms with Crippen LogP contribution in [-0.4, -0.2) is 29.2 Å². The van der Waals surface area contributed by atoms with E-state index < -0.39 is 17.5 Å². The second-order valence-corrected chi connectivity index (χ2v) is 7.20. The summed E-state index contributed by atoms with van der Waals surface area (Å²) < 4.78 is 5.42. The van der Waals surface area contributed by atoms with Gasteiger partial charge in [0.25, 0.3) is 0 Å². The first kappa shape index (κ1) is 18.1. The second kappa shape index (κ2) is 6.92. The summed E-state index contributed by atoms with van der Waals surface area (Å²) in [6, 6.07) is 15.9. The largest absolute Gasteiger partial charge is 0.479 e. The highest BCUT2D eigenvalue weighted by Crippen LogP contribution is 2.44. The van der Waals surface area contributed by atoms with E-state index in [4.69, 9.17) is 10.5 Å². The van der Waals surface area contributed by atoms with E-state index >= 15 is 0 Å². The van der Waals surface area contributed by atoms with Crippen molar-refractivity contribution in [3.63, 3.8) is 0 Å². The Morgan fingerprint density at radius 3 is 2.04 bits per heavy atom. The molecule has 1 unspecified atom stereocenters. The maximum absolute atomic E-state index is 12.5. The highest BCUT2D eigenvalue weighted by Gasteiger charge is 2.45. The van der Waals surface area contributed by atoms with Crippen LogP contribution in [0.4, 0.5) is 0 Å². The van der Waals surface area contributed by atoms with Crippen molar-refractivity contribution < 1.29 is 19.4 Å². The summed E-state index contributed by atoms with van der Waals surface area (Å²) in [5.41, 5.74) is 8.24. The number of carbonyl (C=O) groups excluding carboxylic acids is 1. The molecule has 0 bridgehead atoms. The Morgan fingerprint density at radius 1 is 1.08 bits per heavy atom. The van der Waals surface area contributed by atoms with Gasteiger partial charge in [0.1, 0.15) is 6.61 Å². The van der Waals surface area contributed by atoms with E-state index in [2.05, 4.69) is 0 Å². The van der Waals surface area contributed by atoms with E-state index in [1.807, 2.05) is 62.4 Å². The smallest absolute Gasteiger partial charge is 0.337 e. The van der Waals surface area contributed by atoms with Gasteiger partial charge in [0, 0.05) is 5.92 Å². The highest BCUT2D eigenvalue weighted by atomic mass is 16.5. The molecular formula is C21H23NO4. The summed E-state index contributed by atoms with van der Waals surface area (Å²) in [6.45, 7) is 3.71. The molecular weight excluding hydrogens is 330 g/mol. The van der Waals surface area contributed by atoms with Gasteiger partial charge in [-0.1, -0.05) is 62.4 Å². The number of ether oxygens (including phenoxy) is 1. The molecule has 0 heterocycles. The molecule has 0 saturated heterocycles. The molecule has 26 heavy (non-hydrogen) atoms. The van der Waals surface area contributed by atoms with Gasteiger partial charge in [-0.25, -0.2) is 9.59 Å². The molecule has 3 N–H and O–H groups in total. The zero-order valence-electron chi connectivity index (χ0n) is 14.9. The number of carboxylic acid groups (broad SMARTS) is 1. The van der Waals surface area contributed by atoms with E-state index in [1.54, 1.807) is 0 Å². The van der Waals surface area contributed by atoms with Gasteiger partial charge in [0.2, 0.25) is 5.54 Å². The molecule has 1 aliphatic carbocycles. The van der Waals surface area contributed by atoms with E-state index in [1.165, 1.54) is 0 Å². The van der Waals surface area contributed by atoms with Gasteiger partial charge < -0.3 is 15.6 Å². The van der Waals surface area contributed by atoms with Crippen LogP contribution in [0.25, 0.3) is 11.1 Å². The van der Waals surface area contributed by atoms with Gasteiger partial charge in [-0.3, -0.25) is 0 Å². The number of benzene rings is 2. The number of carboxylic acids is 1. The topological polar surface area (TPSA) is 89.6 Å². The lowest BCUT2D eigenvalue weighted by atomic mass is 9.90. The molecule has 5 heteroatoms. The van der Waals surface area contributed by atoms with Crippen molar-refractivity contribution in [1.82, 2.24) is 0 Å². The molecule has 136 valence electrons. The summed E-state index contributed by atoms with van der Waals surface area (Å²) in [6.07, 6.45) is 0.0268. The lowest BCUT2D eigenvalue weighted by Gasteiger charge is -2.25. The van der Waals surface area contributed by atoms with Crippen molar-refractivity contribution in [2.75, 3.05) is 6.61 Å². The van der Waals surface area contributed by atoms with Crippen LogP contribution < -0.4 is 5.73 Å². The summed E-state index contributed by atoms with van der Waals surface area (Å²) in [5, 5.41) is 9.43. The van der Waals surface area contributed by atoms with Crippen molar-refractivity contribution in [2.24, 2.45) is 11.7 Å². The zero-order valence-corrected chi connectivity index (χ0v) is 14.9. The van der Waals surface area contributed by atoms with Crippen LogP contribution in [0.2, 0.25) is 0 Å². The van der Waals surface area contributed by atoms with Gasteiger partial charge >= 0.3 is 11.9 Å². The maximum atomic E-state index is 12.5. The number of esters is 1. The molecule has 0 radical (unpaired) electrons. The van der Waals surface area contributed by atoms with Crippen molar-refractivity contribution >= 4 is 11.9 Å². The Labute approximate surface area is 152 Å². The van der Waals surface area contributed by atoms with Gasteiger partial charge in [-0.05, 0) is 34.6 Å². The first-order valence-corrected chi connectivity index (χ1v) is 8.72. The second-order valence-electron chi connectivity index (χ2n) is 7.20.